The van der Waals surface area contributed by atoms with E-state index in [0.29, 0.717) is 17.1 Å². The van der Waals surface area contributed by atoms with E-state index in [9.17, 15) is 31.0 Å². The molecular formula is C22H16N5NaO7S2. The summed E-state index contributed by atoms with van der Waals surface area (Å²) >= 11 is 0. The van der Waals surface area contributed by atoms with Crippen molar-refractivity contribution in [1.82, 2.24) is 0 Å². The molecule has 12 nitrogen and oxygen atoms in total. The van der Waals surface area contributed by atoms with Gasteiger partial charge < -0.3 is 15.4 Å². The van der Waals surface area contributed by atoms with Gasteiger partial charge in [0.15, 0.2) is 5.75 Å². The van der Waals surface area contributed by atoms with E-state index in [1.165, 1.54) is 30.3 Å². The molecule has 0 fully saturated rings. The Hall–Kier alpha value is -3.24. The Labute approximate surface area is 233 Å². The van der Waals surface area contributed by atoms with Crippen LogP contribution in [0.15, 0.2) is 103 Å². The zero-order chi connectivity index (χ0) is 26.1. The third-order valence-electron chi connectivity index (χ3n) is 4.93. The van der Waals surface area contributed by atoms with Crippen LogP contribution in [0.3, 0.4) is 0 Å². The van der Waals surface area contributed by atoms with Gasteiger partial charge in [-0.05, 0) is 66.7 Å². The zero-order valence-electron chi connectivity index (χ0n) is 19.0. The van der Waals surface area contributed by atoms with E-state index in [1.807, 2.05) is 0 Å². The first-order valence-corrected chi connectivity index (χ1v) is 12.8. The van der Waals surface area contributed by atoms with Crippen LogP contribution in [-0.2, 0) is 20.2 Å². The Kier molecular flexibility index (Phi) is 8.44. The van der Waals surface area contributed by atoms with Gasteiger partial charge in [-0.2, -0.15) is 23.8 Å². The Morgan fingerprint density at radius 3 is 1.68 bits per heavy atom. The van der Waals surface area contributed by atoms with Gasteiger partial charge in [-0.1, -0.05) is 6.07 Å². The van der Waals surface area contributed by atoms with Crippen LogP contribution in [0, 0.1) is 0 Å². The van der Waals surface area contributed by atoms with Crippen LogP contribution in [0.5, 0.6) is 5.75 Å². The maximum atomic E-state index is 11.6. The number of rotatable bonds is 6. The normalized spacial score (nSPS) is 12.3. The summed E-state index contributed by atoms with van der Waals surface area (Å²) in [6.45, 7) is 0. The van der Waals surface area contributed by atoms with Crippen molar-refractivity contribution in [3.8, 4) is 5.75 Å². The number of hydrogen-bond donors (Lipinski definition) is 3. The molecule has 0 amide bonds. The molecule has 0 unspecified atom stereocenters. The minimum Gasteiger partial charge on any atom is -0.744 e. The second-order valence-corrected chi connectivity index (χ2v) is 10.1. The predicted molar refractivity (Wildman–Crippen MR) is 129 cm³/mol. The van der Waals surface area contributed by atoms with Crippen LogP contribution in [-0.4, -0.2) is 31.0 Å². The van der Waals surface area contributed by atoms with Crippen LogP contribution in [0.1, 0.15) is 0 Å². The van der Waals surface area contributed by atoms with Crippen LogP contribution in [0.2, 0.25) is 0 Å². The first-order chi connectivity index (χ1) is 16.9. The number of nitrogens with zero attached hydrogens (tertiary/aromatic N) is 4. The van der Waals surface area contributed by atoms with Crippen LogP contribution in [0.4, 0.5) is 28.4 Å². The van der Waals surface area contributed by atoms with Crippen LogP contribution in [0.25, 0.3) is 10.8 Å². The van der Waals surface area contributed by atoms with Crippen molar-refractivity contribution in [1.29, 1.82) is 0 Å². The van der Waals surface area contributed by atoms with Gasteiger partial charge >= 0.3 is 29.6 Å². The monoisotopic (exact) mass is 549 g/mol. The average molecular weight is 550 g/mol. The molecule has 0 heterocycles. The van der Waals surface area contributed by atoms with Crippen molar-refractivity contribution < 1.29 is 60.6 Å². The van der Waals surface area contributed by atoms with Gasteiger partial charge in [0.2, 0.25) is 0 Å². The summed E-state index contributed by atoms with van der Waals surface area (Å²) in [6.07, 6.45) is 0. The number of anilines is 1. The minimum atomic E-state index is -4.54. The molecule has 4 N–H and O–H groups in total. The maximum Gasteiger partial charge on any atom is 1.00 e. The van der Waals surface area contributed by atoms with E-state index in [0.717, 1.165) is 18.2 Å². The summed E-state index contributed by atoms with van der Waals surface area (Å²) < 4.78 is 65.5. The zero-order valence-corrected chi connectivity index (χ0v) is 22.7. The summed E-state index contributed by atoms with van der Waals surface area (Å²) in [6, 6.07) is 16.4. The molecule has 15 heteroatoms. The Bertz CT molecular complexity index is 1740. The number of azo groups is 2. The van der Waals surface area contributed by atoms with E-state index < -0.39 is 30.9 Å². The fourth-order valence-corrected chi connectivity index (χ4v) is 4.37. The van der Waals surface area contributed by atoms with Gasteiger partial charge in [-0.15, -0.1) is 5.11 Å². The fraction of sp³-hybridized carbons (Fsp3) is 0. The largest absolute Gasteiger partial charge is 1.00 e. The SMILES string of the molecule is Nc1ccc(S(=O)(=O)O)c2ccc(N=Nc3ccc(N=Nc4ccc(S(=O)(=O)[O-])cc4)cc3)c(O)c12.[Na+]. The third-order valence-corrected chi connectivity index (χ3v) is 6.69. The van der Waals surface area contributed by atoms with Gasteiger partial charge in [0.05, 0.1) is 27.3 Å². The Morgan fingerprint density at radius 1 is 0.703 bits per heavy atom. The average Bonchev–Trinajstić information content (AvgIpc) is 2.82. The number of nitrogen functional groups attached to an aromatic ring is 1. The first kappa shape index (κ1) is 28.3. The number of nitrogens with two attached hydrogens (primary N) is 1. The van der Waals surface area contributed by atoms with Crippen molar-refractivity contribution in [3.63, 3.8) is 0 Å². The fourth-order valence-electron chi connectivity index (χ4n) is 3.21. The van der Waals surface area contributed by atoms with Crippen LogP contribution >= 0.6 is 0 Å². The molecule has 4 rings (SSSR count). The molecule has 0 aliphatic carbocycles. The van der Waals surface area contributed by atoms with Crippen molar-refractivity contribution in [3.05, 3.63) is 72.8 Å². The summed E-state index contributed by atoms with van der Waals surface area (Å²) in [5.74, 6) is -0.402. The number of phenolic OH excluding ortho intramolecular Hbond substituents is 1. The van der Waals surface area contributed by atoms with Crippen molar-refractivity contribution >= 4 is 59.4 Å². The second kappa shape index (κ2) is 11.0. The minimum absolute atomic E-state index is 0. The molecule has 4 aromatic carbocycles. The van der Waals surface area contributed by atoms with Gasteiger partial charge in [-0.3, -0.25) is 4.55 Å². The van der Waals surface area contributed by atoms with E-state index in [-0.39, 0.29) is 56.6 Å². The van der Waals surface area contributed by atoms with Crippen molar-refractivity contribution in [2.24, 2.45) is 20.5 Å². The maximum absolute atomic E-state index is 11.6. The van der Waals surface area contributed by atoms with E-state index in [4.69, 9.17) is 5.73 Å². The van der Waals surface area contributed by atoms with Gasteiger partial charge in [0.1, 0.15) is 20.7 Å². The number of benzene rings is 4. The topological polar surface area (TPSA) is 207 Å². The molecule has 0 saturated heterocycles. The van der Waals surface area contributed by atoms with Crippen LogP contribution < -0.4 is 35.3 Å². The Balaban J connectivity index is 0.00000380. The molecule has 0 saturated carbocycles. The molecule has 0 bridgehead atoms. The smallest absolute Gasteiger partial charge is 0.744 e. The molecule has 0 aliphatic rings. The number of fused-ring (bicyclic) bond motifs is 1. The number of hydrogen-bond acceptors (Lipinski definition) is 11. The molecule has 0 radical (unpaired) electrons. The molecule has 0 aromatic heterocycles. The third kappa shape index (κ3) is 6.56. The van der Waals surface area contributed by atoms with E-state index >= 15 is 0 Å². The quantitative estimate of drug-likeness (QED) is 0.140. The van der Waals surface area contributed by atoms with Crippen molar-refractivity contribution in [2.45, 2.75) is 9.79 Å². The molecule has 37 heavy (non-hydrogen) atoms. The van der Waals surface area contributed by atoms with E-state index in [2.05, 4.69) is 20.5 Å². The number of phenols is 1. The second-order valence-electron chi connectivity index (χ2n) is 7.35. The molecule has 0 atom stereocenters. The standard InChI is InChI=1S/C22H17N5O7S2.Na/c23-18-10-12-20(36(32,33)34)17-9-11-19(22(28)21(17)18)27-26-14-3-1-13(2-4-14)24-25-15-5-7-16(8-6-15)35(29,30)31;/h1-12,28H,23H2,(H,29,30,31)(H,32,33,34);/q;+1/p-1. The summed E-state index contributed by atoms with van der Waals surface area (Å²) in [5.41, 5.74) is 7.20. The van der Waals surface area contributed by atoms with Crippen molar-refractivity contribution in [2.75, 3.05) is 5.73 Å². The van der Waals surface area contributed by atoms with Gasteiger partial charge in [0.25, 0.3) is 10.1 Å². The first-order valence-electron chi connectivity index (χ1n) is 9.94. The molecule has 0 aliphatic heterocycles. The molecular weight excluding hydrogens is 533 g/mol. The summed E-state index contributed by atoms with van der Waals surface area (Å²) in [4.78, 5) is -0.767. The molecule has 0 spiro atoms. The van der Waals surface area contributed by atoms with E-state index in [1.54, 1.807) is 24.3 Å². The predicted octanol–water partition coefficient (Wildman–Crippen LogP) is 2.11. The molecule has 184 valence electrons. The Morgan fingerprint density at radius 2 is 1.19 bits per heavy atom. The van der Waals surface area contributed by atoms with Gasteiger partial charge in [-0.25, -0.2) is 8.42 Å². The summed E-state index contributed by atoms with van der Waals surface area (Å²) in [5, 5.41) is 26.6. The van der Waals surface area contributed by atoms with Gasteiger partial charge in [0, 0.05) is 11.1 Å². The number of aromatic hydroxyl groups is 1. The summed E-state index contributed by atoms with van der Waals surface area (Å²) in [7, 11) is -9.08. The molecule has 4 aromatic rings.